The van der Waals surface area contributed by atoms with Crippen molar-refractivity contribution in [2.75, 3.05) is 0 Å². The molecule has 0 heterocycles. The second-order valence-corrected chi connectivity index (χ2v) is 5.57. The Labute approximate surface area is 126 Å². The molecule has 0 aromatic heterocycles. The Morgan fingerprint density at radius 2 is 1.72 bits per heavy atom. The second-order valence-electron chi connectivity index (χ2n) is 4.78. The van der Waals surface area contributed by atoms with Crippen molar-refractivity contribution < 1.29 is 0 Å². The largest absolute Gasteiger partial charge is 0.310 e. The Hall–Kier alpha value is 0.0500. The van der Waals surface area contributed by atoms with E-state index in [4.69, 9.17) is 23.2 Å². The minimum absolute atomic E-state index is 0. The maximum absolute atomic E-state index is 6.17. The Bertz CT molecular complexity index is 360. The van der Waals surface area contributed by atoms with Gasteiger partial charge in [-0.25, -0.2) is 0 Å². The molecule has 1 saturated carbocycles. The van der Waals surface area contributed by atoms with Crippen molar-refractivity contribution in [2.24, 2.45) is 0 Å². The van der Waals surface area contributed by atoms with E-state index in [1.807, 2.05) is 18.2 Å². The highest BCUT2D eigenvalue weighted by Crippen LogP contribution is 2.26. The summed E-state index contributed by atoms with van der Waals surface area (Å²) in [5.74, 6) is 0. The Kier molecular flexibility index (Phi) is 7.40. The van der Waals surface area contributed by atoms with Crippen LogP contribution in [0.1, 0.15) is 44.1 Å². The summed E-state index contributed by atoms with van der Waals surface area (Å²) >= 11 is 12.2. The van der Waals surface area contributed by atoms with Crippen LogP contribution in [0.15, 0.2) is 18.2 Å². The lowest BCUT2D eigenvalue weighted by Crippen LogP contribution is -2.27. The van der Waals surface area contributed by atoms with E-state index in [0.717, 1.165) is 12.1 Å². The summed E-state index contributed by atoms with van der Waals surface area (Å²) in [6, 6.07) is 6.47. The number of nitrogens with one attached hydrogen (secondary N) is 1. The van der Waals surface area contributed by atoms with Crippen LogP contribution in [0.25, 0.3) is 0 Å². The van der Waals surface area contributed by atoms with Gasteiger partial charge in [0.1, 0.15) is 0 Å². The predicted octanol–water partition coefficient (Wildman–Crippen LogP) is 5.23. The average molecular weight is 309 g/mol. The molecule has 0 spiro atoms. The standard InChI is InChI=1S/C14H19Cl2N.ClH/c15-13-9-5-6-11(14(13)16)10-17-12-7-3-1-2-4-8-12;/h5-6,9,12,17H,1-4,7-8,10H2;1H. The first-order valence-electron chi connectivity index (χ1n) is 6.43. The molecule has 2 rings (SSSR count). The van der Waals surface area contributed by atoms with Crippen molar-refractivity contribution in [1.29, 1.82) is 0 Å². The molecule has 0 atom stereocenters. The molecule has 1 aromatic carbocycles. The van der Waals surface area contributed by atoms with Gasteiger partial charge >= 0.3 is 0 Å². The summed E-state index contributed by atoms with van der Waals surface area (Å²) in [5, 5.41) is 4.94. The molecule has 1 N–H and O–H groups in total. The maximum Gasteiger partial charge on any atom is 0.0637 e. The van der Waals surface area contributed by atoms with Gasteiger partial charge in [0.25, 0.3) is 0 Å². The van der Waals surface area contributed by atoms with E-state index in [1.165, 1.54) is 38.5 Å². The zero-order valence-corrected chi connectivity index (χ0v) is 12.8. The lowest BCUT2D eigenvalue weighted by molar-refractivity contribution is 0.459. The lowest BCUT2D eigenvalue weighted by Gasteiger charge is -2.16. The molecule has 1 fully saturated rings. The first-order chi connectivity index (χ1) is 8.27. The number of halogens is 3. The summed E-state index contributed by atoms with van der Waals surface area (Å²) in [6.07, 6.45) is 8.05. The van der Waals surface area contributed by atoms with E-state index in [1.54, 1.807) is 0 Å². The smallest absolute Gasteiger partial charge is 0.0637 e. The minimum Gasteiger partial charge on any atom is -0.310 e. The van der Waals surface area contributed by atoms with Crippen LogP contribution >= 0.6 is 35.6 Å². The van der Waals surface area contributed by atoms with Gasteiger partial charge in [-0.2, -0.15) is 0 Å². The fraction of sp³-hybridized carbons (Fsp3) is 0.571. The fourth-order valence-corrected chi connectivity index (χ4v) is 2.81. The zero-order valence-electron chi connectivity index (χ0n) is 10.4. The summed E-state index contributed by atoms with van der Waals surface area (Å²) in [7, 11) is 0. The van der Waals surface area contributed by atoms with E-state index >= 15 is 0 Å². The van der Waals surface area contributed by atoms with Gasteiger partial charge in [-0.1, -0.05) is 61.0 Å². The lowest BCUT2D eigenvalue weighted by atomic mass is 10.1. The van der Waals surface area contributed by atoms with E-state index in [9.17, 15) is 0 Å². The molecular formula is C14H20Cl3N. The quantitative estimate of drug-likeness (QED) is 0.754. The van der Waals surface area contributed by atoms with Crippen molar-refractivity contribution in [3.63, 3.8) is 0 Å². The topological polar surface area (TPSA) is 12.0 Å². The molecule has 1 nitrogen and oxygen atoms in total. The molecule has 4 heteroatoms. The number of benzene rings is 1. The van der Waals surface area contributed by atoms with Crippen LogP contribution in [0.4, 0.5) is 0 Å². The van der Waals surface area contributed by atoms with Crippen LogP contribution in [-0.4, -0.2) is 6.04 Å². The van der Waals surface area contributed by atoms with Crippen molar-refractivity contribution in [3.8, 4) is 0 Å². The monoisotopic (exact) mass is 307 g/mol. The molecule has 1 aliphatic rings. The van der Waals surface area contributed by atoms with Gasteiger partial charge in [0.05, 0.1) is 10.0 Å². The van der Waals surface area contributed by atoms with E-state index < -0.39 is 0 Å². The van der Waals surface area contributed by atoms with Crippen molar-refractivity contribution in [2.45, 2.75) is 51.1 Å². The first-order valence-corrected chi connectivity index (χ1v) is 7.19. The molecule has 18 heavy (non-hydrogen) atoms. The maximum atomic E-state index is 6.17. The van der Waals surface area contributed by atoms with Crippen LogP contribution in [0.5, 0.6) is 0 Å². The van der Waals surface area contributed by atoms with Crippen molar-refractivity contribution in [3.05, 3.63) is 33.8 Å². The van der Waals surface area contributed by atoms with E-state index in [2.05, 4.69) is 5.32 Å². The molecule has 1 aliphatic carbocycles. The zero-order chi connectivity index (χ0) is 12.1. The number of hydrogen-bond donors (Lipinski definition) is 1. The molecule has 0 bridgehead atoms. The normalized spacial score (nSPS) is 17.0. The van der Waals surface area contributed by atoms with Crippen LogP contribution in [0.3, 0.4) is 0 Å². The van der Waals surface area contributed by atoms with Crippen molar-refractivity contribution >= 4 is 35.6 Å². The highest BCUT2D eigenvalue weighted by molar-refractivity contribution is 6.42. The fourth-order valence-electron chi connectivity index (χ4n) is 2.42. The van der Waals surface area contributed by atoms with E-state index in [0.29, 0.717) is 16.1 Å². The van der Waals surface area contributed by atoms with Gasteiger partial charge in [0.15, 0.2) is 0 Å². The second kappa shape index (κ2) is 8.27. The molecular weight excluding hydrogens is 289 g/mol. The summed E-state index contributed by atoms with van der Waals surface area (Å²) in [5.41, 5.74) is 1.10. The van der Waals surface area contributed by atoms with Gasteiger partial charge in [-0.3, -0.25) is 0 Å². The van der Waals surface area contributed by atoms with Crippen LogP contribution in [0, 0.1) is 0 Å². The SMILES string of the molecule is Cl.Clc1cccc(CNC2CCCCCC2)c1Cl. The predicted molar refractivity (Wildman–Crippen MR) is 82.0 cm³/mol. The van der Waals surface area contributed by atoms with Gasteiger partial charge in [-0.05, 0) is 24.5 Å². The summed E-state index contributed by atoms with van der Waals surface area (Å²) < 4.78 is 0. The third-order valence-electron chi connectivity index (χ3n) is 3.47. The minimum atomic E-state index is 0. The van der Waals surface area contributed by atoms with Gasteiger partial charge in [0.2, 0.25) is 0 Å². The van der Waals surface area contributed by atoms with Crippen LogP contribution in [-0.2, 0) is 6.54 Å². The average Bonchev–Trinajstić information content (AvgIpc) is 2.59. The first kappa shape index (κ1) is 16.1. The molecule has 0 radical (unpaired) electrons. The third kappa shape index (κ3) is 4.62. The van der Waals surface area contributed by atoms with Gasteiger partial charge in [-0.15, -0.1) is 12.4 Å². The van der Waals surface area contributed by atoms with Crippen molar-refractivity contribution in [1.82, 2.24) is 5.32 Å². The molecule has 0 unspecified atom stereocenters. The highest BCUT2D eigenvalue weighted by Gasteiger charge is 2.12. The van der Waals surface area contributed by atoms with Crippen LogP contribution in [0.2, 0.25) is 10.0 Å². The third-order valence-corrected chi connectivity index (χ3v) is 4.33. The van der Waals surface area contributed by atoms with Crippen LogP contribution < -0.4 is 5.32 Å². The molecule has 102 valence electrons. The molecule has 1 aromatic rings. The highest BCUT2D eigenvalue weighted by atomic mass is 35.5. The summed E-state index contributed by atoms with van der Waals surface area (Å²) in [6.45, 7) is 0.823. The molecule has 0 saturated heterocycles. The van der Waals surface area contributed by atoms with Gasteiger partial charge in [0, 0.05) is 12.6 Å². The Morgan fingerprint density at radius 1 is 1.06 bits per heavy atom. The molecule has 0 amide bonds. The molecule has 0 aliphatic heterocycles. The number of hydrogen-bond acceptors (Lipinski definition) is 1. The van der Waals surface area contributed by atoms with Gasteiger partial charge < -0.3 is 5.32 Å². The number of rotatable bonds is 3. The Morgan fingerprint density at radius 3 is 2.39 bits per heavy atom. The van der Waals surface area contributed by atoms with E-state index in [-0.39, 0.29) is 12.4 Å². The Balaban J connectivity index is 0.00000162. The summed E-state index contributed by atoms with van der Waals surface area (Å²) in [4.78, 5) is 0.